The Morgan fingerprint density at radius 1 is 1.58 bits per heavy atom. The number of aromatic nitrogens is 1. The molecule has 0 bridgehead atoms. The molecule has 2 aromatic rings. The summed E-state index contributed by atoms with van der Waals surface area (Å²) in [6, 6.07) is 4.26. The zero-order chi connectivity index (χ0) is 14.0. The third-order valence-corrected chi connectivity index (χ3v) is 4.87. The van der Waals surface area contributed by atoms with E-state index in [4.69, 9.17) is 16.7 Å². The number of nitrogens with zero attached hydrogens (tertiary/aromatic N) is 2. The van der Waals surface area contributed by atoms with E-state index in [1.165, 1.54) is 4.88 Å². The first-order valence-electron chi connectivity index (χ1n) is 5.67. The molecular weight excluding hydrogens is 304 g/mol. The Hall–Kier alpha value is -1.11. The first-order chi connectivity index (χ1) is 8.99. The summed E-state index contributed by atoms with van der Waals surface area (Å²) in [4.78, 5) is 18.5. The molecule has 0 aliphatic heterocycles. The molecule has 2 heterocycles. The monoisotopic (exact) mass is 316 g/mol. The second-order valence-corrected chi connectivity index (χ2v) is 6.59. The smallest absolute Gasteiger partial charge is 0.349 e. The first-order valence-corrected chi connectivity index (χ1v) is 7.75. The Labute approximate surface area is 124 Å². The molecule has 0 radical (unpaired) electrons. The Kier molecular flexibility index (Phi) is 4.44. The molecule has 1 N–H and O–H groups in total. The second kappa shape index (κ2) is 5.90. The molecule has 0 fully saturated rings. The molecule has 102 valence electrons. The Morgan fingerprint density at radius 3 is 2.79 bits per heavy atom. The number of halogens is 1. The van der Waals surface area contributed by atoms with Crippen LogP contribution in [0, 0.1) is 0 Å². The normalized spacial score (nSPS) is 10.9. The Morgan fingerprint density at radius 2 is 2.32 bits per heavy atom. The summed E-state index contributed by atoms with van der Waals surface area (Å²) >= 11 is 8.65. The van der Waals surface area contributed by atoms with Crippen molar-refractivity contribution in [3.05, 3.63) is 32.4 Å². The fourth-order valence-corrected chi connectivity index (χ4v) is 3.55. The van der Waals surface area contributed by atoms with Crippen LogP contribution >= 0.6 is 34.3 Å². The van der Waals surface area contributed by atoms with Gasteiger partial charge in [-0.05, 0) is 25.3 Å². The van der Waals surface area contributed by atoms with E-state index in [0.717, 1.165) is 11.3 Å². The highest BCUT2D eigenvalue weighted by molar-refractivity contribution is 7.18. The molecule has 4 nitrogen and oxygen atoms in total. The minimum atomic E-state index is -1.03. The molecule has 0 atom stereocenters. The molecule has 0 saturated carbocycles. The number of aromatic carboxylic acids is 1. The maximum absolute atomic E-state index is 11.0. The molecule has 2 rings (SSSR count). The highest BCUT2D eigenvalue weighted by Crippen LogP contribution is 2.32. The van der Waals surface area contributed by atoms with Crippen molar-refractivity contribution in [2.24, 2.45) is 0 Å². The molecule has 0 aromatic carbocycles. The summed E-state index contributed by atoms with van der Waals surface area (Å²) in [6.45, 7) is 4.80. The molecule has 0 amide bonds. The summed E-state index contributed by atoms with van der Waals surface area (Å²) in [7, 11) is 0. The zero-order valence-corrected chi connectivity index (χ0v) is 12.8. The number of thiazole rings is 1. The van der Waals surface area contributed by atoms with Gasteiger partial charge in [0.2, 0.25) is 0 Å². The summed E-state index contributed by atoms with van der Waals surface area (Å²) < 4.78 is 0. The first kappa shape index (κ1) is 14.3. The quantitative estimate of drug-likeness (QED) is 0.906. The SMILES string of the molecule is CC(C)N(Cc1cccs1)c1nc(Cl)c(C(=O)O)s1. The molecule has 7 heteroatoms. The summed E-state index contributed by atoms with van der Waals surface area (Å²) in [5.74, 6) is -1.03. The van der Waals surface area contributed by atoms with E-state index >= 15 is 0 Å². The van der Waals surface area contributed by atoms with E-state index in [2.05, 4.69) is 9.88 Å². The van der Waals surface area contributed by atoms with E-state index in [-0.39, 0.29) is 16.1 Å². The standard InChI is InChI=1S/C12H13ClN2O2S2/c1-7(2)15(6-8-4-3-5-18-8)12-14-10(13)9(19-12)11(16)17/h3-5,7H,6H2,1-2H3,(H,16,17). The lowest BCUT2D eigenvalue weighted by molar-refractivity contribution is 0.0702. The largest absolute Gasteiger partial charge is 0.477 e. The predicted octanol–water partition coefficient (Wildman–Crippen LogP) is 3.97. The van der Waals surface area contributed by atoms with Crippen LogP contribution in [0.3, 0.4) is 0 Å². The lowest BCUT2D eigenvalue weighted by atomic mass is 10.3. The van der Waals surface area contributed by atoms with E-state index in [0.29, 0.717) is 11.7 Å². The maximum Gasteiger partial charge on any atom is 0.349 e. The number of hydrogen-bond donors (Lipinski definition) is 1. The number of anilines is 1. The molecule has 0 aliphatic rings. The van der Waals surface area contributed by atoms with Gasteiger partial charge in [-0.2, -0.15) is 0 Å². The van der Waals surface area contributed by atoms with Crippen molar-refractivity contribution >= 4 is 45.4 Å². The molecule has 0 unspecified atom stereocenters. The lowest BCUT2D eigenvalue weighted by Gasteiger charge is -2.25. The van der Waals surface area contributed by atoms with Gasteiger partial charge in [0.15, 0.2) is 15.2 Å². The van der Waals surface area contributed by atoms with Gasteiger partial charge in [-0.1, -0.05) is 29.0 Å². The van der Waals surface area contributed by atoms with Gasteiger partial charge in [-0.3, -0.25) is 0 Å². The summed E-state index contributed by atoms with van der Waals surface area (Å²) in [5.41, 5.74) is 0. The lowest BCUT2D eigenvalue weighted by Crippen LogP contribution is -2.29. The van der Waals surface area contributed by atoms with Crippen LogP contribution in [0.5, 0.6) is 0 Å². The molecule has 2 aromatic heterocycles. The number of thiophene rings is 1. The maximum atomic E-state index is 11.0. The van der Waals surface area contributed by atoms with Crippen molar-refractivity contribution in [3.63, 3.8) is 0 Å². The topological polar surface area (TPSA) is 53.4 Å². The zero-order valence-electron chi connectivity index (χ0n) is 10.5. The van der Waals surface area contributed by atoms with Crippen molar-refractivity contribution in [2.45, 2.75) is 26.4 Å². The van der Waals surface area contributed by atoms with Crippen LogP contribution in [0.4, 0.5) is 5.13 Å². The fraction of sp³-hybridized carbons (Fsp3) is 0.333. The van der Waals surface area contributed by atoms with Gasteiger partial charge < -0.3 is 10.0 Å². The predicted molar refractivity (Wildman–Crippen MR) is 79.7 cm³/mol. The fourth-order valence-electron chi connectivity index (χ4n) is 1.59. The van der Waals surface area contributed by atoms with Crippen molar-refractivity contribution in [3.8, 4) is 0 Å². The molecule has 0 spiro atoms. The van der Waals surface area contributed by atoms with E-state index in [9.17, 15) is 4.79 Å². The van der Waals surface area contributed by atoms with Gasteiger partial charge in [-0.15, -0.1) is 11.3 Å². The summed E-state index contributed by atoms with van der Waals surface area (Å²) in [6.07, 6.45) is 0. The second-order valence-electron chi connectivity index (χ2n) is 4.22. The van der Waals surface area contributed by atoms with Crippen molar-refractivity contribution < 1.29 is 9.90 Å². The number of carbonyl (C=O) groups is 1. The Bertz CT molecular complexity index is 566. The van der Waals surface area contributed by atoms with Crippen LogP contribution in [-0.2, 0) is 6.54 Å². The molecule has 19 heavy (non-hydrogen) atoms. The summed E-state index contributed by atoms with van der Waals surface area (Å²) in [5, 5.41) is 11.7. The average Bonchev–Trinajstić information content (AvgIpc) is 2.94. The van der Waals surface area contributed by atoms with E-state index in [1.807, 2.05) is 31.4 Å². The Balaban J connectivity index is 2.29. The van der Waals surface area contributed by atoms with Crippen molar-refractivity contribution in [1.82, 2.24) is 4.98 Å². The minimum absolute atomic E-state index is 0.0596. The third-order valence-electron chi connectivity index (χ3n) is 2.54. The van der Waals surface area contributed by atoms with Crippen molar-refractivity contribution in [2.75, 3.05) is 4.90 Å². The van der Waals surface area contributed by atoms with Gasteiger partial charge in [0, 0.05) is 10.9 Å². The number of carboxylic acid groups (broad SMARTS) is 1. The van der Waals surface area contributed by atoms with E-state index in [1.54, 1.807) is 11.3 Å². The third kappa shape index (κ3) is 3.26. The molecule has 0 aliphatic carbocycles. The van der Waals surface area contributed by atoms with Crippen LogP contribution < -0.4 is 4.90 Å². The number of rotatable bonds is 5. The van der Waals surface area contributed by atoms with E-state index < -0.39 is 5.97 Å². The van der Waals surface area contributed by atoms with Crippen LogP contribution in [0.2, 0.25) is 5.15 Å². The highest BCUT2D eigenvalue weighted by atomic mass is 35.5. The van der Waals surface area contributed by atoms with Gasteiger partial charge in [0.05, 0.1) is 6.54 Å². The van der Waals surface area contributed by atoms with Crippen molar-refractivity contribution in [1.29, 1.82) is 0 Å². The van der Waals surface area contributed by atoms with Crippen LogP contribution in [0.1, 0.15) is 28.4 Å². The van der Waals surface area contributed by atoms with Gasteiger partial charge in [0.1, 0.15) is 0 Å². The van der Waals surface area contributed by atoms with Crippen LogP contribution in [0.25, 0.3) is 0 Å². The van der Waals surface area contributed by atoms with Gasteiger partial charge >= 0.3 is 5.97 Å². The minimum Gasteiger partial charge on any atom is -0.477 e. The average molecular weight is 317 g/mol. The highest BCUT2D eigenvalue weighted by Gasteiger charge is 2.21. The van der Waals surface area contributed by atoms with Crippen LogP contribution in [-0.4, -0.2) is 22.1 Å². The van der Waals surface area contributed by atoms with Crippen LogP contribution in [0.15, 0.2) is 17.5 Å². The number of carboxylic acids is 1. The molecule has 0 saturated heterocycles. The van der Waals surface area contributed by atoms with Gasteiger partial charge in [0.25, 0.3) is 0 Å². The number of hydrogen-bond acceptors (Lipinski definition) is 5. The molecular formula is C12H13ClN2O2S2. The van der Waals surface area contributed by atoms with Gasteiger partial charge in [-0.25, -0.2) is 9.78 Å².